The number of amides is 2. The maximum Gasteiger partial charge on any atom is 0.243 e. The highest BCUT2D eigenvalue weighted by Crippen LogP contribution is 2.20. The fourth-order valence-corrected chi connectivity index (χ4v) is 3.85. The molecule has 0 saturated heterocycles. The first kappa shape index (κ1) is 25.9. The van der Waals surface area contributed by atoms with E-state index in [0.717, 1.165) is 11.1 Å². The van der Waals surface area contributed by atoms with E-state index in [-0.39, 0.29) is 30.6 Å². The highest BCUT2D eigenvalue weighted by atomic mass is 19.1. The average molecular weight is 477 g/mol. The largest absolute Gasteiger partial charge is 0.497 e. The third-order valence-electron chi connectivity index (χ3n) is 5.52. The quantitative estimate of drug-likeness (QED) is 0.476. The Kier molecular flexibility index (Phi) is 8.63. The lowest BCUT2D eigenvalue weighted by molar-refractivity contribution is -0.141. The molecule has 0 unspecified atom stereocenters. The number of ether oxygens (including phenoxy) is 1. The summed E-state index contributed by atoms with van der Waals surface area (Å²) in [5, 5.41) is 3.05. The van der Waals surface area contributed by atoms with Crippen LogP contribution in [0.2, 0.25) is 0 Å². The maximum absolute atomic E-state index is 13.7. The van der Waals surface area contributed by atoms with Crippen molar-refractivity contribution in [3.05, 3.63) is 101 Å². The van der Waals surface area contributed by atoms with Gasteiger partial charge in [-0.2, -0.15) is 0 Å². The Bertz CT molecular complexity index is 1120. The SMILES string of the molecule is COc1cccc(CN(C(=O)Cc2ccc(F)cc2)[C@H](Cc2ccccc2)C(=O)NC(C)(C)C)c1. The summed E-state index contributed by atoms with van der Waals surface area (Å²) in [6.45, 7) is 5.97. The molecule has 35 heavy (non-hydrogen) atoms. The van der Waals surface area contributed by atoms with E-state index in [4.69, 9.17) is 4.74 Å². The number of benzene rings is 3. The first-order chi connectivity index (χ1) is 16.6. The van der Waals surface area contributed by atoms with Crippen molar-refractivity contribution >= 4 is 11.8 Å². The van der Waals surface area contributed by atoms with Gasteiger partial charge in [0.05, 0.1) is 13.5 Å². The summed E-state index contributed by atoms with van der Waals surface area (Å²) in [6.07, 6.45) is 0.417. The number of carbonyl (C=O) groups is 2. The molecular formula is C29H33FN2O3. The molecule has 0 spiro atoms. The number of methoxy groups -OCH3 is 1. The van der Waals surface area contributed by atoms with Crippen molar-refractivity contribution in [2.75, 3.05) is 7.11 Å². The Balaban J connectivity index is 1.99. The van der Waals surface area contributed by atoms with E-state index in [1.807, 2.05) is 75.4 Å². The van der Waals surface area contributed by atoms with Crippen LogP contribution in [0.5, 0.6) is 5.75 Å². The van der Waals surface area contributed by atoms with Gasteiger partial charge >= 0.3 is 0 Å². The van der Waals surface area contributed by atoms with Gasteiger partial charge in [-0.25, -0.2) is 4.39 Å². The van der Waals surface area contributed by atoms with E-state index in [0.29, 0.717) is 17.7 Å². The van der Waals surface area contributed by atoms with Crippen molar-refractivity contribution in [1.82, 2.24) is 10.2 Å². The van der Waals surface area contributed by atoms with Gasteiger partial charge in [0.25, 0.3) is 0 Å². The number of carbonyl (C=O) groups excluding carboxylic acids is 2. The predicted octanol–water partition coefficient (Wildman–Crippen LogP) is 4.93. The minimum Gasteiger partial charge on any atom is -0.497 e. The molecule has 3 rings (SSSR count). The molecule has 0 fully saturated rings. The molecule has 5 nitrogen and oxygen atoms in total. The Labute approximate surface area is 206 Å². The second-order valence-corrected chi connectivity index (χ2v) is 9.62. The van der Waals surface area contributed by atoms with Gasteiger partial charge in [0.2, 0.25) is 11.8 Å². The van der Waals surface area contributed by atoms with Crippen LogP contribution in [0.3, 0.4) is 0 Å². The van der Waals surface area contributed by atoms with Crippen LogP contribution in [0.4, 0.5) is 4.39 Å². The van der Waals surface area contributed by atoms with Crippen LogP contribution >= 0.6 is 0 Å². The second-order valence-electron chi connectivity index (χ2n) is 9.62. The fraction of sp³-hybridized carbons (Fsp3) is 0.310. The molecule has 0 aromatic heterocycles. The number of hydrogen-bond acceptors (Lipinski definition) is 3. The maximum atomic E-state index is 13.7. The van der Waals surface area contributed by atoms with E-state index in [1.54, 1.807) is 24.1 Å². The van der Waals surface area contributed by atoms with Crippen molar-refractivity contribution < 1.29 is 18.7 Å². The molecule has 0 saturated carbocycles. The minimum atomic E-state index is -0.740. The summed E-state index contributed by atoms with van der Waals surface area (Å²) in [7, 11) is 1.59. The zero-order valence-electron chi connectivity index (χ0n) is 20.8. The first-order valence-corrected chi connectivity index (χ1v) is 11.7. The molecule has 0 aliphatic heterocycles. The van der Waals surface area contributed by atoms with Crippen LogP contribution in [0, 0.1) is 5.82 Å². The van der Waals surface area contributed by atoms with E-state index in [1.165, 1.54) is 12.1 Å². The van der Waals surface area contributed by atoms with Gasteiger partial charge in [-0.05, 0) is 61.7 Å². The highest BCUT2D eigenvalue weighted by Gasteiger charge is 2.32. The monoisotopic (exact) mass is 476 g/mol. The third-order valence-corrected chi connectivity index (χ3v) is 5.52. The molecule has 3 aromatic carbocycles. The molecule has 0 aliphatic carbocycles. The summed E-state index contributed by atoms with van der Waals surface area (Å²) in [5.74, 6) is -0.130. The first-order valence-electron chi connectivity index (χ1n) is 11.7. The lowest BCUT2D eigenvalue weighted by Gasteiger charge is -2.34. The fourth-order valence-electron chi connectivity index (χ4n) is 3.85. The van der Waals surface area contributed by atoms with Gasteiger partial charge in [-0.3, -0.25) is 9.59 Å². The van der Waals surface area contributed by atoms with Crippen molar-refractivity contribution in [3.63, 3.8) is 0 Å². The Morgan fingerprint density at radius 2 is 1.57 bits per heavy atom. The van der Waals surface area contributed by atoms with Crippen LogP contribution in [-0.2, 0) is 29.0 Å². The average Bonchev–Trinajstić information content (AvgIpc) is 2.82. The molecular weight excluding hydrogens is 443 g/mol. The number of hydrogen-bond donors (Lipinski definition) is 1. The van der Waals surface area contributed by atoms with Gasteiger partial charge < -0.3 is 15.0 Å². The summed E-state index contributed by atoms with van der Waals surface area (Å²) >= 11 is 0. The lowest BCUT2D eigenvalue weighted by Crippen LogP contribution is -2.54. The van der Waals surface area contributed by atoms with Crippen molar-refractivity contribution in [2.45, 2.75) is 51.7 Å². The highest BCUT2D eigenvalue weighted by molar-refractivity contribution is 5.89. The van der Waals surface area contributed by atoms with Crippen molar-refractivity contribution in [2.24, 2.45) is 0 Å². The molecule has 3 aromatic rings. The summed E-state index contributed by atoms with van der Waals surface area (Å²) in [5.41, 5.74) is 2.01. The van der Waals surface area contributed by atoms with Gasteiger partial charge in [-0.15, -0.1) is 0 Å². The topological polar surface area (TPSA) is 58.6 Å². The van der Waals surface area contributed by atoms with Crippen molar-refractivity contribution in [1.29, 1.82) is 0 Å². The van der Waals surface area contributed by atoms with Crippen LogP contribution in [-0.4, -0.2) is 35.4 Å². The summed E-state index contributed by atoms with van der Waals surface area (Å²) in [4.78, 5) is 28.8. The molecule has 1 N–H and O–H groups in total. The summed E-state index contributed by atoms with van der Waals surface area (Å²) < 4.78 is 18.8. The summed E-state index contributed by atoms with van der Waals surface area (Å²) in [6, 6.07) is 22.2. The van der Waals surface area contributed by atoms with Crippen LogP contribution in [0.1, 0.15) is 37.5 Å². The van der Waals surface area contributed by atoms with Crippen molar-refractivity contribution in [3.8, 4) is 5.75 Å². The Morgan fingerprint density at radius 3 is 2.20 bits per heavy atom. The standard InChI is InChI=1S/C29H33FN2O3/c1-29(2,3)31-28(34)26(18-21-9-6-5-7-10-21)32(20-23-11-8-12-25(17-23)35-4)27(33)19-22-13-15-24(30)16-14-22/h5-17,26H,18-20H2,1-4H3,(H,31,34)/t26-/m1/s1. The normalized spacial score (nSPS) is 12.0. The Hall–Kier alpha value is -3.67. The number of nitrogens with one attached hydrogen (secondary N) is 1. The minimum absolute atomic E-state index is 0.0539. The molecule has 2 amide bonds. The Morgan fingerprint density at radius 1 is 0.914 bits per heavy atom. The van der Waals surface area contributed by atoms with Crippen LogP contribution < -0.4 is 10.1 Å². The van der Waals surface area contributed by atoms with Gasteiger partial charge in [0.1, 0.15) is 17.6 Å². The third kappa shape index (κ3) is 7.95. The molecule has 1 atom stereocenters. The smallest absolute Gasteiger partial charge is 0.243 e. The predicted molar refractivity (Wildman–Crippen MR) is 135 cm³/mol. The molecule has 0 bridgehead atoms. The van der Waals surface area contributed by atoms with E-state index in [2.05, 4.69) is 5.32 Å². The van der Waals surface area contributed by atoms with E-state index >= 15 is 0 Å². The number of rotatable bonds is 9. The van der Waals surface area contributed by atoms with Gasteiger partial charge in [0.15, 0.2) is 0 Å². The molecule has 184 valence electrons. The number of halogens is 1. The van der Waals surface area contributed by atoms with E-state index < -0.39 is 11.6 Å². The zero-order chi connectivity index (χ0) is 25.4. The van der Waals surface area contributed by atoms with E-state index in [9.17, 15) is 14.0 Å². The lowest BCUT2D eigenvalue weighted by atomic mass is 9.99. The molecule has 0 radical (unpaired) electrons. The molecule has 0 aliphatic rings. The van der Waals surface area contributed by atoms with Gasteiger partial charge in [0, 0.05) is 18.5 Å². The van der Waals surface area contributed by atoms with Gasteiger partial charge in [-0.1, -0.05) is 54.6 Å². The zero-order valence-corrected chi connectivity index (χ0v) is 20.8. The second kappa shape index (κ2) is 11.6. The molecule has 0 heterocycles. The number of nitrogens with zero attached hydrogens (tertiary/aromatic N) is 1. The van der Waals surface area contributed by atoms with Crippen LogP contribution in [0.15, 0.2) is 78.9 Å². The van der Waals surface area contributed by atoms with Crippen LogP contribution in [0.25, 0.3) is 0 Å². The molecule has 6 heteroatoms.